The van der Waals surface area contributed by atoms with E-state index in [4.69, 9.17) is 9.36 Å². The average molecular weight is 256 g/mol. The van der Waals surface area contributed by atoms with Crippen LogP contribution in [-0.4, -0.2) is 18.0 Å². The maximum Gasteiger partial charge on any atom is 0.127 e. The Labute approximate surface area is 112 Å². The van der Waals surface area contributed by atoms with E-state index in [1.54, 1.807) is 12.5 Å². The molecule has 1 aliphatic carbocycles. The Morgan fingerprint density at radius 2 is 2.32 bits per heavy atom. The Kier molecular flexibility index (Phi) is 3.31. The minimum atomic E-state index is 0.397. The van der Waals surface area contributed by atoms with Crippen molar-refractivity contribution in [3.05, 3.63) is 53.5 Å². The van der Waals surface area contributed by atoms with Gasteiger partial charge in [0, 0.05) is 17.9 Å². The molecule has 0 fully saturated rings. The van der Waals surface area contributed by atoms with Gasteiger partial charge in [-0.05, 0) is 18.4 Å². The lowest BCUT2D eigenvalue weighted by Gasteiger charge is -2.16. The molecule has 1 unspecified atom stereocenters. The van der Waals surface area contributed by atoms with E-state index in [-0.39, 0.29) is 0 Å². The minimum Gasteiger partial charge on any atom is -0.395 e. The lowest BCUT2D eigenvalue weighted by Crippen LogP contribution is -2.07. The normalized spacial score (nSPS) is 22.1. The van der Waals surface area contributed by atoms with E-state index in [1.165, 1.54) is 11.1 Å². The summed E-state index contributed by atoms with van der Waals surface area (Å²) >= 11 is 0. The molecule has 2 heterocycles. The summed E-state index contributed by atoms with van der Waals surface area (Å²) in [6.07, 6.45) is 12.5. The Morgan fingerprint density at radius 1 is 1.37 bits per heavy atom. The highest BCUT2D eigenvalue weighted by Gasteiger charge is 2.17. The third kappa shape index (κ3) is 3.02. The number of oxime groups is 1. The van der Waals surface area contributed by atoms with Crippen LogP contribution < -0.4 is 0 Å². The van der Waals surface area contributed by atoms with E-state index in [0.29, 0.717) is 12.5 Å². The molecule has 4 nitrogen and oxygen atoms in total. The van der Waals surface area contributed by atoms with Gasteiger partial charge in [0.15, 0.2) is 0 Å². The molecule has 1 atom stereocenters. The molecule has 0 spiro atoms. The van der Waals surface area contributed by atoms with Crippen LogP contribution in [0.4, 0.5) is 0 Å². The standard InChI is InChI=1S/C15H16N2O2/c1-11-2-12(5-14-7-16-18-9-14)4-13(3-11)6-15-8-17-19-10-15/h2,4,7-9,15H,1,3,5-6,10H2. The van der Waals surface area contributed by atoms with Crippen molar-refractivity contribution < 1.29 is 9.36 Å². The number of aromatic nitrogens is 1. The molecule has 19 heavy (non-hydrogen) atoms. The first-order valence-corrected chi connectivity index (χ1v) is 6.41. The van der Waals surface area contributed by atoms with Crippen molar-refractivity contribution in [3.63, 3.8) is 0 Å². The summed E-state index contributed by atoms with van der Waals surface area (Å²) < 4.78 is 4.86. The summed E-state index contributed by atoms with van der Waals surface area (Å²) in [5.74, 6) is 0.397. The van der Waals surface area contributed by atoms with Crippen LogP contribution >= 0.6 is 0 Å². The summed E-state index contributed by atoms with van der Waals surface area (Å²) in [4.78, 5) is 5.02. The molecular weight excluding hydrogens is 240 g/mol. The maximum absolute atomic E-state index is 5.02. The van der Waals surface area contributed by atoms with Gasteiger partial charge in [-0.15, -0.1) is 0 Å². The second kappa shape index (κ2) is 5.26. The molecule has 0 aromatic carbocycles. The van der Waals surface area contributed by atoms with Gasteiger partial charge in [0.1, 0.15) is 12.9 Å². The van der Waals surface area contributed by atoms with Gasteiger partial charge in [0.2, 0.25) is 0 Å². The van der Waals surface area contributed by atoms with E-state index >= 15 is 0 Å². The SMILES string of the molecule is C=C1C=C(Cc2cnoc2)C=C(CC2C=NOC2)C1. The topological polar surface area (TPSA) is 47.6 Å². The fraction of sp³-hybridized carbons (Fsp3) is 0.333. The van der Waals surface area contributed by atoms with Gasteiger partial charge in [-0.1, -0.05) is 40.2 Å². The zero-order valence-corrected chi connectivity index (χ0v) is 10.7. The summed E-state index contributed by atoms with van der Waals surface area (Å²) in [7, 11) is 0. The van der Waals surface area contributed by atoms with Crippen LogP contribution in [0, 0.1) is 5.92 Å². The van der Waals surface area contributed by atoms with Gasteiger partial charge in [-0.3, -0.25) is 0 Å². The molecule has 1 aliphatic heterocycles. The third-order valence-corrected chi connectivity index (χ3v) is 3.28. The van der Waals surface area contributed by atoms with Crippen LogP contribution in [0.15, 0.2) is 57.6 Å². The Morgan fingerprint density at radius 3 is 3.05 bits per heavy atom. The van der Waals surface area contributed by atoms with Crippen LogP contribution in [-0.2, 0) is 11.3 Å². The van der Waals surface area contributed by atoms with Crippen molar-refractivity contribution in [2.45, 2.75) is 19.3 Å². The van der Waals surface area contributed by atoms with E-state index in [2.05, 4.69) is 29.0 Å². The summed E-state index contributed by atoms with van der Waals surface area (Å²) in [6, 6.07) is 0. The molecule has 0 saturated carbocycles. The van der Waals surface area contributed by atoms with Crippen LogP contribution in [0.1, 0.15) is 18.4 Å². The lowest BCUT2D eigenvalue weighted by atomic mass is 9.88. The fourth-order valence-electron chi connectivity index (χ4n) is 2.50. The van der Waals surface area contributed by atoms with Crippen LogP contribution in [0.5, 0.6) is 0 Å². The van der Waals surface area contributed by atoms with E-state index in [0.717, 1.165) is 30.4 Å². The molecule has 98 valence electrons. The number of hydrogen-bond acceptors (Lipinski definition) is 4. The molecule has 0 bridgehead atoms. The fourth-order valence-corrected chi connectivity index (χ4v) is 2.50. The molecule has 0 N–H and O–H groups in total. The number of nitrogens with zero attached hydrogens (tertiary/aromatic N) is 2. The number of allylic oxidation sites excluding steroid dienone is 5. The van der Waals surface area contributed by atoms with E-state index < -0.39 is 0 Å². The van der Waals surface area contributed by atoms with E-state index in [1.807, 2.05) is 6.21 Å². The predicted molar refractivity (Wildman–Crippen MR) is 72.7 cm³/mol. The van der Waals surface area contributed by atoms with Crippen molar-refractivity contribution >= 4 is 6.21 Å². The van der Waals surface area contributed by atoms with Gasteiger partial charge in [0.25, 0.3) is 0 Å². The monoisotopic (exact) mass is 256 g/mol. The van der Waals surface area contributed by atoms with Gasteiger partial charge in [-0.2, -0.15) is 0 Å². The Hall–Kier alpha value is -2.10. The average Bonchev–Trinajstić information content (AvgIpc) is 3.01. The van der Waals surface area contributed by atoms with Gasteiger partial charge < -0.3 is 9.36 Å². The zero-order chi connectivity index (χ0) is 13.1. The molecule has 0 radical (unpaired) electrons. The second-order valence-electron chi connectivity index (χ2n) is 5.08. The quantitative estimate of drug-likeness (QED) is 0.831. The van der Waals surface area contributed by atoms with Crippen molar-refractivity contribution in [2.24, 2.45) is 11.1 Å². The van der Waals surface area contributed by atoms with Crippen LogP contribution in [0.3, 0.4) is 0 Å². The van der Waals surface area contributed by atoms with Gasteiger partial charge in [0.05, 0.1) is 12.4 Å². The Bertz CT molecular complexity index is 553. The van der Waals surface area contributed by atoms with Crippen molar-refractivity contribution in [3.8, 4) is 0 Å². The highest BCUT2D eigenvalue weighted by atomic mass is 16.6. The number of hydrogen-bond donors (Lipinski definition) is 0. The molecule has 1 aromatic heterocycles. The van der Waals surface area contributed by atoms with E-state index in [9.17, 15) is 0 Å². The maximum atomic E-state index is 5.02. The predicted octanol–water partition coefficient (Wildman–Crippen LogP) is 3.05. The third-order valence-electron chi connectivity index (χ3n) is 3.28. The van der Waals surface area contributed by atoms with Gasteiger partial charge in [-0.25, -0.2) is 0 Å². The first-order valence-electron chi connectivity index (χ1n) is 6.41. The van der Waals surface area contributed by atoms with Crippen molar-refractivity contribution in [2.75, 3.05) is 6.61 Å². The molecule has 0 saturated heterocycles. The first kappa shape index (κ1) is 12.0. The second-order valence-corrected chi connectivity index (χ2v) is 5.08. The van der Waals surface area contributed by atoms with Gasteiger partial charge >= 0.3 is 0 Å². The highest BCUT2D eigenvalue weighted by Crippen LogP contribution is 2.28. The minimum absolute atomic E-state index is 0.397. The summed E-state index contributed by atoms with van der Waals surface area (Å²) in [5, 5.41) is 7.55. The molecule has 1 aromatic rings. The molecule has 0 amide bonds. The summed E-state index contributed by atoms with van der Waals surface area (Å²) in [5.41, 5.74) is 4.88. The molecule has 4 heteroatoms. The summed E-state index contributed by atoms with van der Waals surface area (Å²) in [6.45, 7) is 4.79. The van der Waals surface area contributed by atoms with Crippen molar-refractivity contribution in [1.29, 1.82) is 0 Å². The molecule has 2 aliphatic rings. The molecular formula is C15H16N2O2. The van der Waals surface area contributed by atoms with Crippen LogP contribution in [0.25, 0.3) is 0 Å². The molecule has 3 rings (SSSR count). The zero-order valence-electron chi connectivity index (χ0n) is 10.7. The smallest absolute Gasteiger partial charge is 0.127 e. The van der Waals surface area contributed by atoms with Crippen LogP contribution in [0.2, 0.25) is 0 Å². The first-order chi connectivity index (χ1) is 9.29. The lowest BCUT2D eigenvalue weighted by molar-refractivity contribution is 0.154. The highest BCUT2D eigenvalue weighted by molar-refractivity contribution is 5.62. The largest absolute Gasteiger partial charge is 0.395 e. The Balaban J connectivity index is 1.70. The van der Waals surface area contributed by atoms with Crippen molar-refractivity contribution in [1.82, 2.24) is 5.16 Å². The number of rotatable bonds is 4.